The summed E-state index contributed by atoms with van der Waals surface area (Å²) in [5.41, 5.74) is -0.0525. The molecule has 0 saturated carbocycles. The summed E-state index contributed by atoms with van der Waals surface area (Å²) in [6, 6.07) is 0. The largest absolute Gasteiger partial charge is 0.250 e. The van der Waals surface area contributed by atoms with Gasteiger partial charge >= 0.3 is 0 Å². The molecule has 1 aromatic heterocycles. The van der Waals surface area contributed by atoms with Gasteiger partial charge in [-0.15, -0.1) is 23.2 Å². The number of hydrogen-bond donors (Lipinski definition) is 0. The highest BCUT2D eigenvalue weighted by molar-refractivity contribution is 6.21. The van der Waals surface area contributed by atoms with Crippen LogP contribution >= 0.6 is 23.2 Å². The summed E-state index contributed by atoms with van der Waals surface area (Å²) in [6.07, 6.45) is 3.34. The summed E-state index contributed by atoms with van der Waals surface area (Å²) in [5.74, 6) is 2.09. The first kappa shape index (κ1) is 12.8. The molecule has 1 aromatic rings. The maximum atomic E-state index is 6.00. The third-order valence-corrected chi connectivity index (χ3v) is 3.98. The molecular weight excluding hydrogens is 233 g/mol. The number of hydrogen-bond acceptors (Lipinski definition) is 2. The Bertz CT molecular complexity index is 286. The minimum atomic E-state index is -0.0525. The van der Waals surface area contributed by atoms with E-state index in [4.69, 9.17) is 23.2 Å². The molecule has 0 aliphatic carbocycles. The van der Waals surface area contributed by atoms with E-state index in [0.29, 0.717) is 11.8 Å². The Kier molecular flexibility index (Phi) is 4.87. The third-order valence-electron chi connectivity index (χ3n) is 2.85. The zero-order valence-corrected chi connectivity index (χ0v) is 10.7. The zero-order valence-electron chi connectivity index (χ0n) is 9.21. The van der Waals surface area contributed by atoms with Crippen LogP contribution in [0.1, 0.15) is 26.1 Å². The molecule has 0 fully saturated rings. The van der Waals surface area contributed by atoms with E-state index in [2.05, 4.69) is 17.0 Å². The Morgan fingerprint density at radius 1 is 1.33 bits per heavy atom. The molecule has 1 rings (SSSR count). The number of aromatic nitrogens is 3. The lowest BCUT2D eigenvalue weighted by Crippen LogP contribution is -2.28. The second-order valence-electron chi connectivity index (χ2n) is 3.79. The lowest BCUT2D eigenvalue weighted by molar-refractivity contribution is 0.345. The number of aryl methyl sites for hydroxylation is 1. The molecule has 0 aromatic carbocycles. The van der Waals surface area contributed by atoms with Gasteiger partial charge in [0.2, 0.25) is 0 Å². The summed E-state index contributed by atoms with van der Waals surface area (Å²) in [5, 5.41) is 4.14. The van der Waals surface area contributed by atoms with Gasteiger partial charge in [-0.25, -0.2) is 4.98 Å². The Morgan fingerprint density at radius 3 is 2.47 bits per heavy atom. The Morgan fingerprint density at radius 2 is 2.00 bits per heavy atom. The lowest BCUT2D eigenvalue weighted by Gasteiger charge is -2.27. The van der Waals surface area contributed by atoms with E-state index in [1.165, 1.54) is 0 Å². The van der Waals surface area contributed by atoms with Crippen LogP contribution in [0, 0.1) is 5.41 Å². The molecule has 0 aliphatic rings. The molecule has 3 nitrogen and oxygen atoms in total. The fourth-order valence-corrected chi connectivity index (χ4v) is 2.32. The SMILES string of the molecule is CCn1ncnc1CC(CC)(CCl)CCl. The van der Waals surface area contributed by atoms with Crippen molar-refractivity contribution in [3.63, 3.8) is 0 Å². The van der Waals surface area contributed by atoms with Crippen LogP contribution in [0.4, 0.5) is 0 Å². The Balaban J connectivity index is 2.82. The summed E-state index contributed by atoms with van der Waals surface area (Å²) < 4.78 is 1.89. The average molecular weight is 250 g/mol. The molecule has 0 atom stereocenters. The molecule has 0 N–H and O–H groups in total. The predicted molar refractivity (Wildman–Crippen MR) is 63.6 cm³/mol. The van der Waals surface area contributed by atoms with E-state index in [-0.39, 0.29) is 5.41 Å². The molecule has 0 unspecified atom stereocenters. The highest BCUT2D eigenvalue weighted by Gasteiger charge is 2.28. The number of rotatable bonds is 6. The average Bonchev–Trinajstić information content (AvgIpc) is 2.73. The molecular formula is C10H17Cl2N3. The Hall–Kier alpha value is -0.280. The zero-order chi connectivity index (χ0) is 11.3. The normalized spacial score (nSPS) is 12.0. The van der Waals surface area contributed by atoms with E-state index < -0.39 is 0 Å². The van der Waals surface area contributed by atoms with Gasteiger partial charge in [-0.3, -0.25) is 4.68 Å². The molecule has 1 heterocycles. The first-order valence-corrected chi connectivity index (χ1v) is 6.27. The monoisotopic (exact) mass is 249 g/mol. The van der Waals surface area contributed by atoms with Crippen LogP contribution in [0.2, 0.25) is 0 Å². The van der Waals surface area contributed by atoms with E-state index in [1.54, 1.807) is 6.33 Å². The van der Waals surface area contributed by atoms with Crippen LogP contribution in [0.25, 0.3) is 0 Å². The van der Waals surface area contributed by atoms with Crippen LogP contribution in [-0.4, -0.2) is 26.5 Å². The van der Waals surface area contributed by atoms with E-state index >= 15 is 0 Å². The summed E-state index contributed by atoms with van der Waals surface area (Å²) in [6.45, 7) is 4.99. The molecule has 0 amide bonds. The summed E-state index contributed by atoms with van der Waals surface area (Å²) >= 11 is 12.0. The fourth-order valence-electron chi connectivity index (χ4n) is 1.47. The Labute approximate surface area is 101 Å². The molecule has 0 aliphatic heterocycles. The van der Waals surface area contributed by atoms with Crippen LogP contribution < -0.4 is 0 Å². The molecule has 0 saturated heterocycles. The summed E-state index contributed by atoms with van der Waals surface area (Å²) in [4.78, 5) is 4.25. The van der Waals surface area contributed by atoms with Gasteiger partial charge in [-0.1, -0.05) is 6.92 Å². The van der Waals surface area contributed by atoms with Crippen molar-refractivity contribution in [1.82, 2.24) is 14.8 Å². The van der Waals surface area contributed by atoms with Crippen LogP contribution in [0.5, 0.6) is 0 Å². The topological polar surface area (TPSA) is 30.7 Å². The molecule has 0 spiro atoms. The van der Waals surface area contributed by atoms with Gasteiger partial charge in [-0.05, 0) is 13.3 Å². The highest BCUT2D eigenvalue weighted by Crippen LogP contribution is 2.29. The molecule has 0 bridgehead atoms. The van der Waals surface area contributed by atoms with Crippen molar-refractivity contribution in [2.24, 2.45) is 5.41 Å². The molecule has 0 radical (unpaired) electrons. The van der Waals surface area contributed by atoms with Crippen LogP contribution in [-0.2, 0) is 13.0 Å². The molecule has 5 heteroatoms. The van der Waals surface area contributed by atoms with Gasteiger partial charge < -0.3 is 0 Å². The maximum absolute atomic E-state index is 6.00. The number of alkyl halides is 2. The first-order chi connectivity index (χ1) is 7.21. The van der Waals surface area contributed by atoms with Gasteiger partial charge in [0.05, 0.1) is 0 Å². The van der Waals surface area contributed by atoms with E-state index in [0.717, 1.165) is 25.2 Å². The molecule has 86 valence electrons. The van der Waals surface area contributed by atoms with E-state index in [1.807, 2.05) is 11.6 Å². The van der Waals surface area contributed by atoms with Crippen molar-refractivity contribution in [3.8, 4) is 0 Å². The van der Waals surface area contributed by atoms with Crippen LogP contribution in [0.3, 0.4) is 0 Å². The minimum Gasteiger partial charge on any atom is -0.250 e. The third kappa shape index (κ3) is 2.85. The quantitative estimate of drug-likeness (QED) is 0.727. The fraction of sp³-hybridized carbons (Fsp3) is 0.800. The van der Waals surface area contributed by atoms with Gasteiger partial charge in [0.1, 0.15) is 12.2 Å². The number of halogens is 2. The maximum Gasteiger partial charge on any atom is 0.138 e. The summed E-state index contributed by atoms with van der Waals surface area (Å²) in [7, 11) is 0. The predicted octanol–water partition coefficient (Wildman–Crippen LogP) is 2.71. The van der Waals surface area contributed by atoms with Crippen molar-refractivity contribution in [2.75, 3.05) is 11.8 Å². The molecule has 15 heavy (non-hydrogen) atoms. The van der Waals surface area contributed by atoms with E-state index in [9.17, 15) is 0 Å². The second kappa shape index (κ2) is 5.71. The first-order valence-electron chi connectivity index (χ1n) is 5.20. The lowest BCUT2D eigenvalue weighted by atomic mass is 9.85. The van der Waals surface area contributed by atoms with Crippen molar-refractivity contribution in [2.45, 2.75) is 33.2 Å². The van der Waals surface area contributed by atoms with Crippen molar-refractivity contribution < 1.29 is 0 Å². The van der Waals surface area contributed by atoms with Crippen LogP contribution in [0.15, 0.2) is 6.33 Å². The van der Waals surface area contributed by atoms with Gasteiger partial charge in [0.15, 0.2) is 0 Å². The van der Waals surface area contributed by atoms with Gasteiger partial charge in [0, 0.05) is 30.1 Å². The smallest absolute Gasteiger partial charge is 0.138 e. The minimum absolute atomic E-state index is 0.0525. The highest BCUT2D eigenvalue weighted by atomic mass is 35.5. The standard InChI is InChI=1S/C10H17Cl2N3/c1-3-10(6-11,7-12)5-9-13-8-14-15(9)4-2/h8H,3-7H2,1-2H3. The van der Waals surface area contributed by atoms with Gasteiger partial charge in [-0.2, -0.15) is 5.10 Å². The van der Waals surface area contributed by atoms with Crippen molar-refractivity contribution in [1.29, 1.82) is 0 Å². The van der Waals surface area contributed by atoms with Gasteiger partial charge in [0.25, 0.3) is 0 Å². The van der Waals surface area contributed by atoms with Crippen molar-refractivity contribution >= 4 is 23.2 Å². The second-order valence-corrected chi connectivity index (χ2v) is 4.32. The number of nitrogens with zero attached hydrogens (tertiary/aromatic N) is 3. The van der Waals surface area contributed by atoms with Crippen molar-refractivity contribution in [3.05, 3.63) is 12.2 Å².